The number of anilines is 1. The molecule has 0 saturated carbocycles. The number of nitrogens with zero attached hydrogens (tertiary/aromatic N) is 4. The van der Waals surface area contributed by atoms with Gasteiger partial charge in [0.25, 0.3) is 5.91 Å². The van der Waals surface area contributed by atoms with Crippen LogP contribution in [0.1, 0.15) is 32.3 Å². The van der Waals surface area contributed by atoms with Crippen LogP contribution >= 0.6 is 22.9 Å². The first-order valence-electron chi connectivity index (χ1n) is 9.11. The van der Waals surface area contributed by atoms with Crippen LogP contribution in [0.25, 0.3) is 5.69 Å². The highest BCUT2D eigenvalue weighted by atomic mass is 35.5. The Labute approximate surface area is 181 Å². The summed E-state index contributed by atoms with van der Waals surface area (Å²) in [6, 6.07) is 13.4. The zero-order chi connectivity index (χ0) is 21.3. The maximum absolute atomic E-state index is 13.1. The fourth-order valence-electron chi connectivity index (χ4n) is 2.96. The van der Waals surface area contributed by atoms with Crippen LogP contribution in [-0.2, 0) is 6.42 Å². The first kappa shape index (κ1) is 20.2. The topological polar surface area (TPSA) is 72.7 Å². The second kappa shape index (κ2) is 8.33. The molecule has 0 saturated heterocycles. The summed E-state index contributed by atoms with van der Waals surface area (Å²) in [6.45, 7) is 3.66. The molecule has 2 heterocycles. The Hall–Kier alpha value is -3.10. The van der Waals surface area contributed by atoms with E-state index in [1.165, 1.54) is 23.5 Å². The molecule has 0 radical (unpaired) electrons. The van der Waals surface area contributed by atoms with Gasteiger partial charge in [-0.25, -0.2) is 14.1 Å². The summed E-state index contributed by atoms with van der Waals surface area (Å²) in [5, 5.41) is 12.0. The Bertz CT molecular complexity index is 1200. The number of hydrogen-bond donors (Lipinski definition) is 1. The molecule has 30 heavy (non-hydrogen) atoms. The van der Waals surface area contributed by atoms with Crippen molar-refractivity contribution in [2.45, 2.75) is 20.3 Å². The average Bonchev–Trinajstić information content (AvgIpc) is 3.26. The minimum Gasteiger partial charge on any atom is -0.296 e. The third-order valence-corrected chi connectivity index (χ3v) is 5.90. The van der Waals surface area contributed by atoms with E-state index in [9.17, 15) is 9.18 Å². The van der Waals surface area contributed by atoms with E-state index in [0.29, 0.717) is 22.3 Å². The number of rotatable bonds is 5. The van der Waals surface area contributed by atoms with Crippen LogP contribution in [0.5, 0.6) is 0 Å². The van der Waals surface area contributed by atoms with Gasteiger partial charge in [0, 0.05) is 16.3 Å². The van der Waals surface area contributed by atoms with E-state index in [-0.39, 0.29) is 17.4 Å². The molecule has 0 fully saturated rings. The van der Waals surface area contributed by atoms with Crippen molar-refractivity contribution in [1.82, 2.24) is 20.0 Å². The second-order valence-electron chi connectivity index (χ2n) is 6.70. The van der Waals surface area contributed by atoms with Gasteiger partial charge < -0.3 is 0 Å². The molecule has 6 nitrogen and oxygen atoms in total. The Kier molecular flexibility index (Phi) is 5.61. The van der Waals surface area contributed by atoms with Crippen LogP contribution in [0.4, 0.5) is 9.52 Å². The zero-order valence-electron chi connectivity index (χ0n) is 16.2. The number of carbonyl (C=O) groups excluding carboxylic acids is 1. The normalized spacial score (nSPS) is 10.9. The van der Waals surface area contributed by atoms with Crippen molar-refractivity contribution < 1.29 is 9.18 Å². The molecule has 2 aromatic heterocycles. The molecule has 0 aliphatic rings. The maximum atomic E-state index is 13.1. The Balaban J connectivity index is 1.50. The largest absolute Gasteiger partial charge is 0.296 e. The quantitative estimate of drug-likeness (QED) is 0.474. The summed E-state index contributed by atoms with van der Waals surface area (Å²) < 4.78 is 14.7. The van der Waals surface area contributed by atoms with E-state index in [2.05, 4.69) is 20.6 Å². The Morgan fingerprint density at radius 2 is 1.83 bits per heavy atom. The Morgan fingerprint density at radius 3 is 2.53 bits per heavy atom. The summed E-state index contributed by atoms with van der Waals surface area (Å²) in [4.78, 5) is 18.2. The minimum atomic E-state index is -0.380. The predicted molar refractivity (Wildman–Crippen MR) is 115 cm³/mol. The summed E-state index contributed by atoms with van der Waals surface area (Å²) in [6.07, 6.45) is 0.616. The van der Waals surface area contributed by atoms with Crippen molar-refractivity contribution >= 4 is 34.0 Å². The van der Waals surface area contributed by atoms with Crippen LogP contribution in [-0.4, -0.2) is 25.9 Å². The lowest BCUT2D eigenvalue weighted by molar-refractivity contribution is 0.102. The molecule has 4 aromatic rings. The highest BCUT2D eigenvalue weighted by Crippen LogP contribution is 2.26. The van der Waals surface area contributed by atoms with E-state index in [1.807, 2.05) is 6.92 Å². The number of halogens is 2. The molecule has 0 aliphatic carbocycles. The number of aryl methyl sites for hydroxylation is 1. The number of aromatic nitrogens is 4. The number of amides is 1. The summed E-state index contributed by atoms with van der Waals surface area (Å²) in [5.74, 6) is -0.649. The maximum Gasteiger partial charge on any atom is 0.279 e. The molecule has 152 valence electrons. The average molecular weight is 442 g/mol. The predicted octanol–water partition coefficient (Wildman–Crippen LogP) is 4.98. The molecular weight excluding hydrogens is 425 g/mol. The van der Waals surface area contributed by atoms with Gasteiger partial charge >= 0.3 is 0 Å². The molecule has 1 amide bonds. The van der Waals surface area contributed by atoms with Crippen molar-refractivity contribution in [3.63, 3.8) is 0 Å². The molecule has 2 aromatic carbocycles. The van der Waals surface area contributed by atoms with Gasteiger partial charge in [0.15, 0.2) is 10.8 Å². The van der Waals surface area contributed by atoms with Crippen molar-refractivity contribution in [3.8, 4) is 5.69 Å². The number of nitrogens with one attached hydrogen (secondary N) is 1. The lowest BCUT2D eigenvalue weighted by atomic mass is 10.1. The Morgan fingerprint density at radius 1 is 1.13 bits per heavy atom. The fraction of sp³-hybridized carbons (Fsp3) is 0.143. The first-order chi connectivity index (χ1) is 14.4. The van der Waals surface area contributed by atoms with Crippen molar-refractivity contribution in [3.05, 3.63) is 86.9 Å². The van der Waals surface area contributed by atoms with E-state index in [1.54, 1.807) is 48.0 Å². The number of hydrogen-bond acceptors (Lipinski definition) is 5. The molecule has 4 rings (SSSR count). The fourth-order valence-corrected chi connectivity index (χ4v) is 4.07. The smallest absolute Gasteiger partial charge is 0.279 e. The van der Waals surface area contributed by atoms with Crippen LogP contribution in [0.3, 0.4) is 0 Å². The summed E-state index contributed by atoms with van der Waals surface area (Å²) >= 11 is 7.31. The SMILES string of the molecule is Cc1nc(NC(=O)c2nnn(-c3ccc(Cl)cc3)c2C)sc1Cc1ccc(F)cc1. The van der Waals surface area contributed by atoms with Crippen LogP contribution < -0.4 is 5.32 Å². The molecule has 0 bridgehead atoms. The molecular formula is C21H17ClFN5OS. The minimum absolute atomic E-state index is 0.220. The lowest BCUT2D eigenvalue weighted by Gasteiger charge is -2.04. The van der Waals surface area contributed by atoms with E-state index in [0.717, 1.165) is 21.8 Å². The van der Waals surface area contributed by atoms with Crippen molar-refractivity contribution in [2.24, 2.45) is 0 Å². The summed E-state index contributed by atoms with van der Waals surface area (Å²) in [7, 11) is 0. The van der Waals surface area contributed by atoms with Crippen LogP contribution in [0.2, 0.25) is 5.02 Å². The van der Waals surface area contributed by atoms with E-state index in [4.69, 9.17) is 11.6 Å². The zero-order valence-corrected chi connectivity index (χ0v) is 17.8. The number of carbonyl (C=O) groups is 1. The van der Waals surface area contributed by atoms with Crippen LogP contribution in [0, 0.1) is 19.7 Å². The monoisotopic (exact) mass is 441 g/mol. The van der Waals surface area contributed by atoms with Gasteiger partial charge in [0.2, 0.25) is 0 Å². The summed E-state index contributed by atoms with van der Waals surface area (Å²) in [5.41, 5.74) is 3.38. The van der Waals surface area contributed by atoms with Crippen molar-refractivity contribution in [1.29, 1.82) is 0 Å². The highest BCUT2D eigenvalue weighted by molar-refractivity contribution is 7.15. The van der Waals surface area contributed by atoms with Gasteiger partial charge in [-0.05, 0) is 55.8 Å². The standard InChI is InChI=1S/C21H17ClFN5OS/c1-12-18(11-14-3-7-16(23)8-4-14)30-21(24-12)25-20(29)19-13(2)28(27-26-19)17-9-5-15(22)6-10-17/h3-10H,11H2,1-2H3,(H,24,25,29). The third-order valence-electron chi connectivity index (χ3n) is 4.57. The third kappa shape index (κ3) is 4.24. The van der Waals surface area contributed by atoms with Gasteiger partial charge in [-0.15, -0.1) is 16.4 Å². The molecule has 9 heteroatoms. The van der Waals surface area contributed by atoms with E-state index >= 15 is 0 Å². The second-order valence-corrected chi connectivity index (χ2v) is 8.22. The van der Waals surface area contributed by atoms with Gasteiger partial charge in [-0.2, -0.15) is 0 Å². The van der Waals surface area contributed by atoms with Crippen LogP contribution in [0.15, 0.2) is 48.5 Å². The molecule has 0 unspecified atom stereocenters. The molecule has 1 N–H and O–H groups in total. The van der Waals surface area contributed by atoms with Crippen molar-refractivity contribution in [2.75, 3.05) is 5.32 Å². The molecule has 0 atom stereocenters. The molecule has 0 spiro atoms. The number of benzene rings is 2. The lowest BCUT2D eigenvalue weighted by Crippen LogP contribution is -2.14. The van der Waals surface area contributed by atoms with Gasteiger partial charge in [-0.1, -0.05) is 28.9 Å². The van der Waals surface area contributed by atoms with Gasteiger partial charge in [0.1, 0.15) is 5.82 Å². The van der Waals surface area contributed by atoms with E-state index < -0.39 is 0 Å². The van der Waals surface area contributed by atoms with Gasteiger partial charge in [0.05, 0.1) is 17.1 Å². The highest BCUT2D eigenvalue weighted by Gasteiger charge is 2.19. The molecule has 0 aliphatic heterocycles. The number of thiazole rings is 1. The van der Waals surface area contributed by atoms with Gasteiger partial charge in [-0.3, -0.25) is 10.1 Å². The first-order valence-corrected chi connectivity index (χ1v) is 10.3.